The van der Waals surface area contributed by atoms with E-state index in [2.05, 4.69) is 17.0 Å². The lowest BCUT2D eigenvalue weighted by Gasteiger charge is -2.32. The Labute approximate surface area is 107 Å². The normalized spacial score (nSPS) is 31.4. The molecule has 98 valence electrons. The van der Waals surface area contributed by atoms with E-state index in [1.807, 2.05) is 4.90 Å². The minimum Gasteiger partial charge on any atom is -0.469 e. The lowest BCUT2D eigenvalue weighted by atomic mass is 10.2. The third kappa shape index (κ3) is 3.10. The molecule has 0 radical (unpaired) electrons. The van der Waals surface area contributed by atoms with E-state index in [0.717, 1.165) is 19.6 Å². The average Bonchev–Trinajstić information content (AvgIpc) is 3.07. The third-order valence-corrected chi connectivity index (χ3v) is 3.29. The first kappa shape index (κ1) is 14.3. The van der Waals surface area contributed by atoms with E-state index in [1.165, 1.54) is 7.11 Å². The largest absolute Gasteiger partial charge is 0.469 e. The number of amides is 1. The van der Waals surface area contributed by atoms with E-state index >= 15 is 0 Å². The van der Waals surface area contributed by atoms with Crippen LogP contribution in [0.15, 0.2) is 0 Å². The highest BCUT2D eigenvalue weighted by molar-refractivity contribution is 5.90. The van der Waals surface area contributed by atoms with Crippen molar-refractivity contribution in [2.45, 2.75) is 19.4 Å². The molecule has 3 atom stereocenters. The molecule has 2 rings (SSSR count). The van der Waals surface area contributed by atoms with Gasteiger partial charge in [-0.3, -0.25) is 9.59 Å². The lowest BCUT2D eigenvalue weighted by molar-refractivity contribution is -0.145. The number of halogens is 1. The van der Waals surface area contributed by atoms with Gasteiger partial charge < -0.3 is 15.0 Å². The van der Waals surface area contributed by atoms with Gasteiger partial charge in [0, 0.05) is 25.7 Å². The van der Waals surface area contributed by atoms with Gasteiger partial charge in [0.25, 0.3) is 0 Å². The smallest absolute Gasteiger partial charge is 0.309 e. The maximum absolute atomic E-state index is 12.0. The van der Waals surface area contributed by atoms with Crippen LogP contribution in [0.3, 0.4) is 0 Å². The molecule has 2 unspecified atom stereocenters. The highest BCUT2D eigenvalue weighted by Crippen LogP contribution is 2.40. The molecule has 0 aromatic rings. The Bertz CT molecular complexity index is 311. The van der Waals surface area contributed by atoms with E-state index in [1.54, 1.807) is 0 Å². The molecule has 1 N–H and O–H groups in total. The molecule has 2 aliphatic rings. The molecule has 1 saturated heterocycles. The van der Waals surface area contributed by atoms with Crippen LogP contribution in [0.4, 0.5) is 0 Å². The maximum Gasteiger partial charge on any atom is 0.309 e. The first-order valence-electron chi connectivity index (χ1n) is 5.73. The second-order valence-corrected chi connectivity index (χ2v) is 4.61. The van der Waals surface area contributed by atoms with Gasteiger partial charge in [-0.1, -0.05) is 0 Å². The molecule has 1 aliphatic carbocycles. The Morgan fingerprint density at radius 3 is 2.65 bits per heavy atom. The van der Waals surface area contributed by atoms with Crippen molar-refractivity contribution in [2.75, 3.05) is 26.7 Å². The van der Waals surface area contributed by atoms with Gasteiger partial charge in [0.2, 0.25) is 5.91 Å². The first-order chi connectivity index (χ1) is 7.63. The molecule has 2 fully saturated rings. The molecule has 6 heteroatoms. The Morgan fingerprint density at radius 2 is 2.06 bits per heavy atom. The predicted molar refractivity (Wildman–Crippen MR) is 64.9 cm³/mol. The topological polar surface area (TPSA) is 58.6 Å². The SMILES string of the molecule is COC(=O)C1CC1C(=O)N1CCN[C@H](C)C1.Cl. The number of esters is 1. The van der Waals surface area contributed by atoms with Crippen molar-refractivity contribution in [3.05, 3.63) is 0 Å². The fourth-order valence-electron chi connectivity index (χ4n) is 2.25. The van der Waals surface area contributed by atoms with Crippen molar-refractivity contribution in [3.8, 4) is 0 Å². The molecular formula is C11H19ClN2O3. The van der Waals surface area contributed by atoms with Gasteiger partial charge in [0.05, 0.1) is 18.9 Å². The average molecular weight is 263 g/mol. The van der Waals surface area contributed by atoms with Gasteiger partial charge in [-0.05, 0) is 13.3 Å². The van der Waals surface area contributed by atoms with E-state index in [9.17, 15) is 9.59 Å². The second-order valence-electron chi connectivity index (χ2n) is 4.61. The van der Waals surface area contributed by atoms with E-state index in [0.29, 0.717) is 12.5 Å². The summed E-state index contributed by atoms with van der Waals surface area (Å²) in [5.41, 5.74) is 0. The summed E-state index contributed by atoms with van der Waals surface area (Å²) in [4.78, 5) is 25.1. The van der Waals surface area contributed by atoms with Gasteiger partial charge >= 0.3 is 5.97 Å². The summed E-state index contributed by atoms with van der Waals surface area (Å²) < 4.78 is 4.64. The standard InChI is InChI=1S/C11H18N2O3.ClH/c1-7-6-13(4-3-12-7)10(14)8-5-9(8)11(15)16-2;/h7-9,12H,3-6H2,1-2H3;1H/t7-,8?,9?;/m1./s1. The lowest BCUT2D eigenvalue weighted by Crippen LogP contribution is -2.51. The number of rotatable bonds is 2. The number of nitrogens with one attached hydrogen (secondary N) is 1. The molecule has 1 amide bonds. The highest BCUT2D eigenvalue weighted by atomic mass is 35.5. The molecule has 0 aromatic heterocycles. The summed E-state index contributed by atoms with van der Waals surface area (Å²) in [6, 6.07) is 0.341. The number of hydrogen-bond acceptors (Lipinski definition) is 4. The van der Waals surface area contributed by atoms with Crippen LogP contribution in [0.5, 0.6) is 0 Å². The molecular weight excluding hydrogens is 244 g/mol. The molecule has 1 heterocycles. The predicted octanol–water partition coefficient (Wildman–Crippen LogP) is 0.0376. The minimum atomic E-state index is -0.249. The zero-order valence-corrected chi connectivity index (χ0v) is 11.0. The summed E-state index contributed by atoms with van der Waals surface area (Å²) in [5, 5.41) is 3.29. The van der Waals surface area contributed by atoms with Crippen molar-refractivity contribution in [1.82, 2.24) is 10.2 Å². The van der Waals surface area contributed by atoms with E-state index in [4.69, 9.17) is 0 Å². The van der Waals surface area contributed by atoms with Crippen molar-refractivity contribution in [2.24, 2.45) is 11.8 Å². The van der Waals surface area contributed by atoms with Crippen molar-refractivity contribution >= 4 is 24.3 Å². The maximum atomic E-state index is 12.0. The number of ether oxygens (including phenoxy) is 1. The number of carbonyl (C=O) groups excluding carboxylic acids is 2. The number of piperazine rings is 1. The fourth-order valence-corrected chi connectivity index (χ4v) is 2.25. The van der Waals surface area contributed by atoms with Crippen LogP contribution >= 0.6 is 12.4 Å². The number of carbonyl (C=O) groups is 2. The molecule has 0 bridgehead atoms. The number of hydrogen-bond donors (Lipinski definition) is 1. The quantitative estimate of drug-likeness (QED) is 0.714. The Kier molecular flexibility index (Phi) is 4.77. The summed E-state index contributed by atoms with van der Waals surface area (Å²) in [7, 11) is 1.37. The molecule has 17 heavy (non-hydrogen) atoms. The van der Waals surface area contributed by atoms with Crippen LogP contribution in [0.2, 0.25) is 0 Å². The van der Waals surface area contributed by atoms with Crippen molar-refractivity contribution in [3.63, 3.8) is 0 Å². The zero-order valence-electron chi connectivity index (χ0n) is 10.1. The molecule has 0 aromatic carbocycles. The van der Waals surface area contributed by atoms with Gasteiger partial charge in [-0.2, -0.15) is 0 Å². The molecule has 1 aliphatic heterocycles. The van der Waals surface area contributed by atoms with Gasteiger partial charge in [-0.25, -0.2) is 0 Å². The van der Waals surface area contributed by atoms with Crippen molar-refractivity contribution < 1.29 is 14.3 Å². The van der Waals surface area contributed by atoms with E-state index < -0.39 is 0 Å². The number of nitrogens with zero attached hydrogens (tertiary/aromatic N) is 1. The van der Waals surface area contributed by atoms with Crippen LogP contribution in [0.25, 0.3) is 0 Å². The van der Waals surface area contributed by atoms with Gasteiger partial charge in [0.1, 0.15) is 0 Å². The van der Waals surface area contributed by atoms with Gasteiger partial charge in [-0.15, -0.1) is 12.4 Å². The first-order valence-corrected chi connectivity index (χ1v) is 5.73. The Balaban J connectivity index is 0.00000144. The second kappa shape index (κ2) is 5.69. The van der Waals surface area contributed by atoms with Crippen molar-refractivity contribution in [1.29, 1.82) is 0 Å². The summed E-state index contributed by atoms with van der Waals surface area (Å²) >= 11 is 0. The minimum absolute atomic E-state index is 0. The van der Waals surface area contributed by atoms with Crippen LogP contribution in [0, 0.1) is 11.8 Å². The molecule has 1 saturated carbocycles. The van der Waals surface area contributed by atoms with E-state index in [-0.39, 0.29) is 36.1 Å². The zero-order chi connectivity index (χ0) is 11.7. The van der Waals surface area contributed by atoms with Crippen LogP contribution in [-0.2, 0) is 14.3 Å². The Morgan fingerprint density at radius 1 is 1.35 bits per heavy atom. The fraction of sp³-hybridized carbons (Fsp3) is 0.818. The van der Waals surface area contributed by atoms with Gasteiger partial charge in [0.15, 0.2) is 0 Å². The monoisotopic (exact) mass is 262 g/mol. The molecule has 0 spiro atoms. The molecule has 5 nitrogen and oxygen atoms in total. The summed E-state index contributed by atoms with van der Waals surface area (Å²) in [6.07, 6.45) is 0.657. The summed E-state index contributed by atoms with van der Waals surface area (Å²) in [5.74, 6) is -0.453. The van der Waals surface area contributed by atoms with Crippen LogP contribution < -0.4 is 5.32 Å². The van der Waals surface area contributed by atoms with Crippen LogP contribution in [0.1, 0.15) is 13.3 Å². The third-order valence-electron chi connectivity index (χ3n) is 3.29. The highest BCUT2D eigenvalue weighted by Gasteiger charge is 2.50. The van der Waals surface area contributed by atoms with Crippen LogP contribution in [-0.4, -0.2) is 49.6 Å². The number of methoxy groups -OCH3 is 1. The Hall–Kier alpha value is -0.810. The summed E-state index contributed by atoms with van der Waals surface area (Å²) in [6.45, 7) is 4.38.